The molecule has 0 bridgehead atoms. The average molecular weight is 399 g/mol. The number of unbranched alkanes of at least 4 members (excludes halogenated alkanes) is 2. The summed E-state index contributed by atoms with van der Waals surface area (Å²) in [6.45, 7) is 8.30. The molecule has 0 heterocycles. The Morgan fingerprint density at radius 1 is 1.12 bits per heavy atom. The van der Waals surface area contributed by atoms with E-state index in [1.54, 1.807) is 0 Å². The van der Waals surface area contributed by atoms with Gasteiger partial charge in [-0.1, -0.05) is 46.6 Å². The van der Waals surface area contributed by atoms with Gasteiger partial charge >= 0.3 is 0 Å². The Morgan fingerprint density at radius 2 is 1.79 bits per heavy atom. The zero-order chi connectivity index (χ0) is 18.2. The first-order chi connectivity index (χ1) is 11.2. The Hall–Kier alpha value is -1.56. The molecule has 1 aromatic carbocycles. The number of hydrazine groups is 1. The maximum Gasteiger partial charge on any atom is 0.276 e. The molecule has 1 rings (SSSR count). The van der Waals surface area contributed by atoms with E-state index in [-0.39, 0.29) is 17.9 Å². The van der Waals surface area contributed by atoms with Crippen LogP contribution in [0.15, 0.2) is 22.7 Å². The summed E-state index contributed by atoms with van der Waals surface area (Å²) in [6, 6.07) is 5.80. The van der Waals surface area contributed by atoms with E-state index in [4.69, 9.17) is 4.74 Å². The van der Waals surface area contributed by atoms with Crippen molar-refractivity contribution in [2.24, 2.45) is 0 Å². The minimum atomic E-state index is -0.398. The molecule has 0 aliphatic carbocycles. The van der Waals surface area contributed by atoms with Crippen molar-refractivity contribution in [3.63, 3.8) is 0 Å². The van der Waals surface area contributed by atoms with E-state index in [1.807, 2.05) is 18.2 Å². The number of halogens is 1. The van der Waals surface area contributed by atoms with Gasteiger partial charge in [-0.15, -0.1) is 0 Å². The smallest absolute Gasteiger partial charge is 0.276 e. The van der Waals surface area contributed by atoms with Crippen LogP contribution < -0.4 is 15.6 Å². The second-order valence-electron chi connectivity index (χ2n) is 6.74. The Bertz CT molecular complexity index is 568. The average Bonchev–Trinajstić information content (AvgIpc) is 2.51. The summed E-state index contributed by atoms with van der Waals surface area (Å²) in [5.41, 5.74) is 5.96. The lowest BCUT2D eigenvalue weighted by molar-refractivity contribution is -0.130. The SMILES string of the molecule is CCCCCC(=O)NNC(=O)COc1ccc(C(C)(C)C)cc1Br. The predicted molar refractivity (Wildman–Crippen MR) is 98.8 cm³/mol. The highest BCUT2D eigenvalue weighted by molar-refractivity contribution is 9.10. The zero-order valence-electron chi connectivity index (χ0n) is 14.9. The molecular formula is C18H27BrN2O3. The van der Waals surface area contributed by atoms with Crippen LogP contribution in [0.3, 0.4) is 0 Å². The van der Waals surface area contributed by atoms with E-state index in [1.165, 1.54) is 5.56 Å². The van der Waals surface area contributed by atoms with Crippen molar-refractivity contribution in [2.75, 3.05) is 6.61 Å². The van der Waals surface area contributed by atoms with Gasteiger partial charge in [0.2, 0.25) is 5.91 Å². The zero-order valence-corrected chi connectivity index (χ0v) is 16.5. The Labute approximate surface area is 152 Å². The van der Waals surface area contributed by atoms with Gasteiger partial charge in [0.25, 0.3) is 5.91 Å². The van der Waals surface area contributed by atoms with Crippen LogP contribution in [-0.2, 0) is 15.0 Å². The lowest BCUT2D eigenvalue weighted by Gasteiger charge is -2.20. The monoisotopic (exact) mass is 398 g/mol. The summed E-state index contributed by atoms with van der Waals surface area (Å²) in [5, 5.41) is 0. The molecule has 0 unspecified atom stereocenters. The third-order valence-electron chi connectivity index (χ3n) is 3.51. The molecule has 2 N–H and O–H groups in total. The number of amides is 2. The molecule has 6 heteroatoms. The van der Waals surface area contributed by atoms with Gasteiger partial charge in [0.1, 0.15) is 5.75 Å². The normalized spacial score (nSPS) is 11.0. The number of rotatable bonds is 7. The van der Waals surface area contributed by atoms with E-state index in [2.05, 4.69) is 54.5 Å². The molecule has 0 aromatic heterocycles. The van der Waals surface area contributed by atoms with Crippen LogP contribution in [0.4, 0.5) is 0 Å². The summed E-state index contributed by atoms with van der Waals surface area (Å²) >= 11 is 3.46. The van der Waals surface area contributed by atoms with Crippen molar-refractivity contribution >= 4 is 27.7 Å². The summed E-state index contributed by atoms with van der Waals surface area (Å²) in [4.78, 5) is 23.2. The molecule has 0 aliphatic rings. The fraction of sp³-hybridized carbons (Fsp3) is 0.556. The molecule has 5 nitrogen and oxygen atoms in total. The number of hydrogen-bond acceptors (Lipinski definition) is 3. The van der Waals surface area contributed by atoms with Crippen LogP contribution >= 0.6 is 15.9 Å². The van der Waals surface area contributed by atoms with Crippen LogP contribution in [0.2, 0.25) is 0 Å². The molecule has 0 saturated carbocycles. The van der Waals surface area contributed by atoms with Gasteiger partial charge in [0.15, 0.2) is 6.61 Å². The lowest BCUT2D eigenvalue weighted by Crippen LogP contribution is -2.43. The second kappa shape index (κ2) is 9.67. The van der Waals surface area contributed by atoms with Gasteiger partial charge in [-0.3, -0.25) is 20.4 Å². The molecular weight excluding hydrogens is 372 g/mol. The fourth-order valence-electron chi connectivity index (χ4n) is 2.00. The number of ether oxygens (including phenoxy) is 1. The maximum absolute atomic E-state index is 11.7. The van der Waals surface area contributed by atoms with Crippen molar-refractivity contribution in [3.8, 4) is 5.75 Å². The number of nitrogens with one attached hydrogen (secondary N) is 2. The van der Waals surface area contributed by atoms with Crippen LogP contribution in [0, 0.1) is 0 Å². The lowest BCUT2D eigenvalue weighted by atomic mass is 9.87. The quantitative estimate of drug-likeness (QED) is 0.541. The third kappa shape index (κ3) is 7.34. The Kier molecular flexibility index (Phi) is 8.25. The first-order valence-electron chi connectivity index (χ1n) is 8.24. The highest BCUT2D eigenvalue weighted by atomic mass is 79.9. The van der Waals surface area contributed by atoms with Gasteiger partial charge in [-0.2, -0.15) is 0 Å². The minimum Gasteiger partial charge on any atom is -0.483 e. The van der Waals surface area contributed by atoms with Crippen LogP contribution in [0.1, 0.15) is 58.9 Å². The third-order valence-corrected chi connectivity index (χ3v) is 4.13. The standard InChI is InChI=1S/C18H27BrN2O3/c1-5-6-7-8-16(22)20-21-17(23)12-24-15-10-9-13(11-14(15)19)18(2,3)4/h9-11H,5-8,12H2,1-4H3,(H,20,22)(H,21,23). The number of hydrogen-bond donors (Lipinski definition) is 2. The van der Waals surface area contributed by atoms with Crippen molar-refractivity contribution in [3.05, 3.63) is 28.2 Å². The maximum atomic E-state index is 11.7. The molecule has 0 atom stereocenters. The van der Waals surface area contributed by atoms with E-state index >= 15 is 0 Å². The van der Waals surface area contributed by atoms with Crippen molar-refractivity contribution in [2.45, 2.75) is 58.8 Å². The predicted octanol–water partition coefficient (Wildman–Crippen LogP) is 3.85. The van der Waals surface area contributed by atoms with E-state index in [0.29, 0.717) is 12.2 Å². The van der Waals surface area contributed by atoms with Crippen LogP contribution in [0.5, 0.6) is 5.75 Å². The summed E-state index contributed by atoms with van der Waals surface area (Å²) in [7, 11) is 0. The molecule has 0 radical (unpaired) electrons. The molecule has 0 spiro atoms. The molecule has 0 fully saturated rings. The molecule has 24 heavy (non-hydrogen) atoms. The first-order valence-corrected chi connectivity index (χ1v) is 9.04. The molecule has 0 saturated heterocycles. The fourth-order valence-corrected chi connectivity index (χ4v) is 2.49. The topological polar surface area (TPSA) is 67.4 Å². The summed E-state index contributed by atoms with van der Waals surface area (Å²) in [6.07, 6.45) is 3.29. The minimum absolute atomic E-state index is 0.0421. The largest absolute Gasteiger partial charge is 0.483 e. The number of carbonyl (C=O) groups excluding carboxylic acids is 2. The Balaban J connectivity index is 2.41. The number of benzene rings is 1. The van der Waals surface area contributed by atoms with E-state index in [9.17, 15) is 9.59 Å². The van der Waals surface area contributed by atoms with Gasteiger partial charge in [0.05, 0.1) is 4.47 Å². The van der Waals surface area contributed by atoms with Gasteiger partial charge in [-0.25, -0.2) is 0 Å². The highest BCUT2D eigenvalue weighted by Crippen LogP contribution is 2.31. The van der Waals surface area contributed by atoms with Gasteiger partial charge < -0.3 is 4.74 Å². The molecule has 134 valence electrons. The van der Waals surface area contributed by atoms with Crippen molar-refractivity contribution in [1.82, 2.24) is 10.9 Å². The Morgan fingerprint density at radius 3 is 2.38 bits per heavy atom. The molecule has 2 amide bonds. The second-order valence-corrected chi connectivity index (χ2v) is 7.59. The summed E-state index contributed by atoms with van der Waals surface area (Å²) in [5.74, 6) is 0.00516. The highest BCUT2D eigenvalue weighted by Gasteiger charge is 2.15. The van der Waals surface area contributed by atoms with Crippen LogP contribution in [-0.4, -0.2) is 18.4 Å². The number of carbonyl (C=O) groups is 2. The van der Waals surface area contributed by atoms with Crippen LogP contribution in [0.25, 0.3) is 0 Å². The van der Waals surface area contributed by atoms with Gasteiger partial charge in [0, 0.05) is 6.42 Å². The van der Waals surface area contributed by atoms with E-state index in [0.717, 1.165) is 23.7 Å². The van der Waals surface area contributed by atoms with Crippen molar-refractivity contribution < 1.29 is 14.3 Å². The first kappa shape index (κ1) is 20.5. The molecule has 1 aromatic rings. The van der Waals surface area contributed by atoms with E-state index < -0.39 is 5.91 Å². The van der Waals surface area contributed by atoms with Crippen molar-refractivity contribution in [1.29, 1.82) is 0 Å². The van der Waals surface area contributed by atoms with Gasteiger partial charge in [-0.05, 0) is 45.5 Å². The molecule has 0 aliphatic heterocycles. The summed E-state index contributed by atoms with van der Waals surface area (Å²) < 4.78 is 6.28.